The topological polar surface area (TPSA) is 112 Å². The van der Waals surface area contributed by atoms with Gasteiger partial charge in [0.05, 0.1) is 32.8 Å². The summed E-state index contributed by atoms with van der Waals surface area (Å²) in [5.41, 5.74) is 0.907. The third-order valence-corrected chi connectivity index (χ3v) is 6.76. The van der Waals surface area contributed by atoms with E-state index in [0.717, 1.165) is 19.4 Å². The van der Waals surface area contributed by atoms with Crippen LogP contribution in [0.25, 0.3) is 0 Å². The molecule has 0 aliphatic carbocycles. The van der Waals surface area contributed by atoms with Crippen LogP contribution < -0.4 is 15.5 Å². The lowest BCUT2D eigenvalue weighted by Gasteiger charge is -2.38. The SMILES string of the molecule is CCOC(=O)c1cccc(NC(=O)N2CC[C@@H](CC(=O)N(CC)C(=O)NCCC[NH+](C)C)[C@@H](CC)C2)c1. The van der Waals surface area contributed by atoms with E-state index in [1.807, 2.05) is 6.92 Å². The van der Waals surface area contributed by atoms with Crippen molar-refractivity contribution in [3.8, 4) is 0 Å². The number of nitrogens with one attached hydrogen (secondary N) is 3. The van der Waals surface area contributed by atoms with Gasteiger partial charge in [0.1, 0.15) is 0 Å². The fourth-order valence-electron chi connectivity index (χ4n) is 4.64. The molecule has 1 aliphatic heterocycles. The van der Waals surface area contributed by atoms with Gasteiger partial charge in [0.25, 0.3) is 0 Å². The lowest BCUT2D eigenvalue weighted by Crippen LogP contribution is -3.05. The third-order valence-electron chi connectivity index (χ3n) is 6.76. The minimum atomic E-state index is -0.431. The molecular formula is C27H44N5O5+. The fraction of sp³-hybridized carbons (Fsp3) is 0.630. The molecule has 1 aromatic carbocycles. The van der Waals surface area contributed by atoms with Gasteiger partial charge in [-0.1, -0.05) is 19.4 Å². The summed E-state index contributed by atoms with van der Waals surface area (Å²) >= 11 is 0. The van der Waals surface area contributed by atoms with Crippen LogP contribution in [-0.2, 0) is 9.53 Å². The zero-order valence-corrected chi connectivity index (χ0v) is 23.0. The molecule has 0 saturated carbocycles. The predicted molar refractivity (Wildman–Crippen MR) is 143 cm³/mol. The van der Waals surface area contributed by atoms with E-state index in [4.69, 9.17) is 4.74 Å². The van der Waals surface area contributed by atoms with Gasteiger partial charge in [-0.05, 0) is 50.3 Å². The lowest BCUT2D eigenvalue weighted by atomic mass is 9.81. The minimum absolute atomic E-state index is 0.105. The molecule has 3 N–H and O–H groups in total. The van der Waals surface area contributed by atoms with Gasteiger partial charge >= 0.3 is 18.0 Å². The molecule has 0 unspecified atom stereocenters. The van der Waals surface area contributed by atoms with Crippen LogP contribution in [0.4, 0.5) is 15.3 Å². The average molecular weight is 519 g/mol. The quantitative estimate of drug-likeness (QED) is 0.307. The van der Waals surface area contributed by atoms with Crippen LogP contribution in [-0.4, -0.2) is 87.2 Å². The number of hydrogen-bond acceptors (Lipinski definition) is 5. The Balaban J connectivity index is 1.91. The third kappa shape index (κ3) is 9.35. The van der Waals surface area contributed by atoms with Crippen molar-refractivity contribution in [2.45, 2.75) is 46.5 Å². The van der Waals surface area contributed by atoms with Gasteiger partial charge in [0, 0.05) is 44.7 Å². The number of likely N-dealkylation sites (tertiary alicyclic amines) is 1. The number of hydrogen-bond donors (Lipinski definition) is 3. The van der Waals surface area contributed by atoms with Gasteiger partial charge in [0.2, 0.25) is 5.91 Å². The molecule has 1 aliphatic rings. The molecule has 0 bridgehead atoms. The molecule has 1 fully saturated rings. The van der Waals surface area contributed by atoms with Gasteiger partial charge in [-0.3, -0.25) is 9.69 Å². The number of urea groups is 2. The van der Waals surface area contributed by atoms with Crippen LogP contribution >= 0.6 is 0 Å². The van der Waals surface area contributed by atoms with Crippen LogP contribution in [0.1, 0.15) is 56.8 Å². The Hall–Kier alpha value is -3.14. The highest BCUT2D eigenvalue weighted by Crippen LogP contribution is 2.30. The largest absolute Gasteiger partial charge is 0.462 e. The Bertz CT molecular complexity index is 922. The molecule has 5 amide bonds. The van der Waals surface area contributed by atoms with Crippen LogP contribution in [0, 0.1) is 11.8 Å². The van der Waals surface area contributed by atoms with Crippen LogP contribution in [0.5, 0.6) is 0 Å². The van der Waals surface area contributed by atoms with Crippen molar-refractivity contribution in [1.29, 1.82) is 0 Å². The van der Waals surface area contributed by atoms with Crippen molar-refractivity contribution >= 4 is 29.6 Å². The van der Waals surface area contributed by atoms with Gasteiger partial charge in [-0.25, -0.2) is 14.4 Å². The van der Waals surface area contributed by atoms with E-state index < -0.39 is 5.97 Å². The molecule has 1 aromatic rings. The highest BCUT2D eigenvalue weighted by atomic mass is 16.5. The molecule has 37 heavy (non-hydrogen) atoms. The number of rotatable bonds is 11. The second-order valence-corrected chi connectivity index (χ2v) is 9.78. The summed E-state index contributed by atoms with van der Waals surface area (Å²) in [5.74, 6) is -0.345. The molecule has 0 aromatic heterocycles. The lowest BCUT2D eigenvalue weighted by molar-refractivity contribution is -0.858. The molecule has 0 radical (unpaired) electrons. The second-order valence-electron chi connectivity index (χ2n) is 9.78. The van der Waals surface area contributed by atoms with Crippen LogP contribution in [0.2, 0.25) is 0 Å². The first-order chi connectivity index (χ1) is 17.7. The zero-order chi connectivity index (χ0) is 27.4. The number of piperidine rings is 1. The zero-order valence-electron chi connectivity index (χ0n) is 23.0. The Labute approximate surface area is 220 Å². The highest BCUT2D eigenvalue weighted by molar-refractivity contribution is 5.95. The first-order valence-electron chi connectivity index (χ1n) is 13.4. The predicted octanol–water partition coefficient (Wildman–Crippen LogP) is 2.23. The maximum atomic E-state index is 13.0. The molecule has 206 valence electrons. The van der Waals surface area contributed by atoms with E-state index >= 15 is 0 Å². The molecule has 1 saturated heterocycles. The van der Waals surface area contributed by atoms with Crippen molar-refractivity contribution in [2.75, 3.05) is 58.7 Å². The standard InChI is InChI=1S/C27H43N5O5/c1-6-20-19-31(27(36)29-23-12-9-11-22(17-23)25(34)37-8-3)16-13-21(20)18-24(33)32(7-2)26(35)28-14-10-15-30(4)5/h9,11-12,17,20-21H,6-8,10,13-16,18-19H2,1-5H3,(H,28,35)(H,29,36)/p+1/t20-,21-/m0/s1. The monoisotopic (exact) mass is 518 g/mol. The smallest absolute Gasteiger partial charge is 0.338 e. The van der Waals surface area contributed by atoms with E-state index in [1.54, 1.807) is 36.1 Å². The molecule has 1 heterocycles. The Morgan fingerprint density at radius 3 is 2.54 bits per heavy atom. The molecule has 0 spiro atoms. The summed E-state index contributed by atoms with van der Waals surface area (Å²) in [7, 11) is 4.12. The highest BCUT2D eigenvalue weighted by Gasteiger charge is 2.33. The van der Waals surface area contributed by atoms with E-state index in [-0.39, 0.29) is 36.4 Å². The number of esters is 1. The Kier molecular flexibility index (Phi) is 12.4. The number of carbonyl (C=O) groups excluding carboxylic acids is 4. The van der Waals surface area contributed by atoms with Gasteiger partial charge in [0.15, 0.2) is 0 Å². The molecule has 10 nitrogen and oxygen atoms in total. The number of nitrogens with zero attached hydrogens (tertiary/aromatic N) is 2. The molecular weight excluding hydrogens is 474 g/mol. The summed E-state index contributed by atoms with van der Waals surface area (Å²) in [6.07, 6.45) is 2.65. The van der Waals surface area contributed by atoms with Gasteiger partial charge < -0.3 is 25.2 Å². The minimum Gasteiger partial charge on any atom is -0.462 e. The van der Waals surface area contributed by atoms with Crippen molar-refractivity contribution in [3.05, 3.63) is 29.8 Å². The van der Waals surface area contributed by atoms with E-state index in [2.05, 4.69) is 31.7 Å². The van der Waals surface area contributed by atoms with Crippen molar-refractivity contribution in [2.24, 2.45) is 11.8 Å². The van der Waals surface area contributed by atoms with E-state index in [1.165, 1.54) is 9.80 Å². The first kappa shape index (κ1) is 30.1. The number of ether oxygens (including phenoxy) is 1. The summed E-state index contributed by atoms with van der Waals surface area (Å²) < 4.78 is 5.03. The van der Waals surface area contributed by atoms with Crippen molar-refractivity contribution in [1.82, 2.24) is 15.1 Å². The number of benzene rings is 1. The summed E-state index contributed by atoms with van der Waals surface area (Å²) in [5, 5.41) is 5.73. The second kappa shape index (κ2) is 15.2. The van der Waals surface area contributed by atoms with Crippen molar-refractivity contribution < 1.29 is 28.8 Å². The number of imide groups is 1. The first-order valence-corrected chi connectivity index (χ1v) is 13.4. The summed E-state index contributed by atoms with van der Waals surface area (Å²) in [6.45, 7) is 8.75. The molecule has 10 heteroatoms. The Morgan fingerprint density at radius 2 is 1.89 bits per heavy atom. The number of amides is 5. The van der Waals surface area contributed by atoms with Gasteiger partial charge in [-0.2, -0.15) is 0 Å². The number of anilines is 1. The summed E-state index contributed by atoms with van der Waals surface area (Å²) in [6, 6.07) is 6.11. The number of quaternary nitrogens is 1. The van der Waals surface area contributed by atoms with Crippen LogP contribution in [0.3, 0.4) is 0 Å². The maximum absolute atomic E-state index is 13.0. The summed E-state index contributed by atoms with van der Waals surface area (Å²) in [4.78, 5) is 54.9. The Morgan fingerprint density at radius 1 is 1.14 bits per heavy atom. The molecule has 2 rings (SSSR count). The number of carbonyl (C=O) groups is 4. The van der Waals surface area contributed by atoms with E-state index in [9.17, 15) is 19.2 Å². The van der Waals surface area contributed by atoms with E-state index in [0.29, 0.717) is 50.3 Å². The maximum Gasteiger partial charge on any atom is 0.338 e. The molecule has 2 atom stereocenters. The average Bonchev–Trinajstić information content (AvgIpc) is 2.87. The van der Waals surface area contributed by atoms with Gasteiger partial charge in [-0.15, -0.1) is 0 Å². The van der Waals surface area contributed by atoms with Crippen LogP contribution in [0.15, 0.2) is 24.3 Å². The van der Waals surface area contributed by atoms with Crippen molar-refractivity contribution in [3.63, 3.8) is 0 Å². The normalized spacial score (nSPS) is 17.3. The fourth-order valence-corrected chi connectivity index (χ4v) is 4.64.